The molecule has 1 rings (SSSR count). The van der Waals surface area contributed by atoms with Crippen molar-refractivity contribution in [2.45, 2.75) is 46.0 Å². The Hall–Kier alpha value is -0.920. The maximum absolute atomic E-state index is 4.58. The Kier molecular flexibility index (Phi) is 2.69. The van der Waals surface area contributed by atoms with Gasteiger partial charge in [0.15, 0.2) is 0 Å². The van der Waals surface area contributed by atoms with Crippen LogP contribution in [0.15, 0.2) is 12.4 Å². The highest BCUT2D eigenvalue weighted by Gasteiger charge is 2.16. The second-order valence-electron chi connectivity index (χ2n) is 4.73. The van der Waals surface area contributed by atoms with Gasteiger partial charge >= 0.3 is 0 Å². The molecule has 1 aromatic heterocycles. The number of aromatic nitrogens is 2. The largest absolute Gasteiger partial charge is 0.261 e. The second-order valence-corrected chi connectivity index (χ2v) is 4.73. The van der Waals surface area contributed by atoms with Crippen molar-refractivity contribution in [3.8, 4) is 0 Å². The summed E-state index contributed by atoms with van der Waals surface area (Å²) in [6.07, 6.45) is 3.70. The molecule has 13 heavy (non-hydrogen) atoms. The lowest BCUT2D eigenvalue weighted by molar-refractivity contribution is 0.558. The molecular formula is C11H18N2. The first-order valence-corrected chi connectivity index (χ1v) is 4.73. The fraction of sp³-hybridized carbons (Fsp3) is 0.636. The molecule has 0 bridgehead atoms. The molecule has 72 valence electrons. The monoisotopic (exact) mass is 178 g/mol. The third kappa shape index (κ3) is 2.51. The van der Waals surface area contributed by atoms with Crippen LogP contribution in [0.4, 0.5) is 0 Å². The maximum Gasteiger partial charge on any atom is 0.0643 e. The predicted molar refractivity (Wildman–Crippen MR) is 54.8 cm³/mol. The van der Waals surface area contributed by atoms with Gasteiger partial charge in [0.1, 0.15) is 0 Å². The molecule has 0 saturated heterocycles. The molecule has 2 heteroatoms. The predicted octanol–water partition coefficient (Wildman–Crippen LogP) is 2.90. The molecule has 1 aromatic rings. The lowest BCUT2D eigenvalue weighted by Gasteiger charge is -2.18. The van der Waals surface area contributed by atoms with E-state index in [-0.39, 0.29) is 5.41 Å². The Morgan fingerprint density at radius 3 is 2.23 bits per heavy atom. The summed E-state index contributed by atoms with van der Waals surface area (Å²) in [6, 6.07) is 0. The molecule has 0 saturated carbocycles. The van der Waals surface area contributed by atoms with Gasteiger partial charge in [-0.05, 0) is 5.92 Å². The molecule has 0 N–H and O–H groups in total. The average Bonchev–Trinajstić information content (AvgIpc) is 2.03. The molecular weight excluding hydrogens is 160 g/mol. The van der Waals surface area contributed by atoms with Crippen LogP contribution in [0, 0.1) is 0 Å². The van der Waals surface area contributed by atoms with Crippen LogP contribution >= 0.6 is 0 Å². The quantitative estimate of drug-likeness (QED) is 0.660. The van der Waals surface area contributed by atoms with Gasteiger partial charge in [-0.2, -0.15) is 0 Å². The summed E-state index contributed by atoms with van der Waals surface area (Å²) in [5, 5.41) is 0. The van der Waals surface area contributed by atoms with Gasteiger partial charge in [0.2, 0.25) is 0 Å². The van der Waals surface area contributed by atoms with Gasteiger partial charge in [0, 0.05) is 17.8 Å². The van der Waals surface area contributed by atoms with Gasteiger partial charge < -0.3 is 0 Å². The smallest absolute Gasteiger partial charge is 0.0643 e. The summed E-state index contributed by atoms with van der Waals surface area (Å²) in [5.74, 6) is 0.454. The Bertz CT molecular complexity index is 284. The van der Waals surface area contributed by atoms with Crippen LogP contribution in [0.2, 0.25) is 0 Å². The molecule has 0 atom stereocenters. The number of hydrogen-bond donors (Lipinski definition) is 0. The Morgan fingerprint density at radius 2 is 1.77 bits per heavy atom. The van der Waals surface area contributed by atoms with E-state index in [1.54, 1.807) is 0 Å². The van der Waals surface area contributed by atoms with Gasteiger partial charge in [-0.15, -0.1) is 0 Å². The van der Waals surface area contributed by atoms with Gasteiger partial charge in [-0.3, -0.25) is 9.97 Å². The van der Waals surface area contributed by atoms with E-state index in [9.17, 15) is 0 Å². The molecule has 0 aliphatic carbocycles. The van der Waals surface area contributed by atoms with Gasteiger partial charge in [0.05, 0.1) is 11.4 Å². The number of nitrogens with zero attached hydrogens (tertiary/aromatic N) is 2. The first-order valence-electron chi connectivity index (χ1n) is 4.73. The Balaban J connectivity index is 3.06. The van der Waals surface area contributed by atoms with Crippen molar-refractivity contribution in [3.63, 3.8) is 0 Å². The van der Waals surface area contributed by atoms with Crippen LogP contribution in [0.25, 0.3) is 0 Å². The van der Waals surface area contributed by atoms with Crippen LogP contribution in [-0.2, 0) is 5.41 Å². The van der Waals surface area contributed by atoms with E-state index in [1.165, 1.54) is 0 Å². The Labute approximate surface area is 80.4 Å². The van der Waals surface area contributed by atoms with E-state index in [2.05, 4.69) is 44.6 Å². The van der Waals surface area contributed by atoms with Crippen molar-refractivity contribution in [2.24, 2.45) is 0 Å². The highest BCUT2D eigenvalue weighted by molar-refractivity contribution is 5.13. The van der Waals surface area contributed by atoms with Gasteiger partial charge in [0.25, 0.3) is 0 Å². The van der Waals surface area contributed by atoms with Crippen molar-refractivity contribution in [2.75, 3.05) is 0 Å². The first-order chi connectivity index (χ1) is 5.91. The molecule has 0 radical (unpaired) electrons. The Morgan fingerprint density at radius 1 is 1.15 bits per heavy atom. The summed E-state index contributed by atoms with van der Waals surface area (Å²) in [4.78, 5) is 8.79. The second kappa shape index (κ2) is 3.44. The van der Waals surface area contributed by atoms with E-state index in [1.807, 2.05) is 12.4 Å². The zero-order valence-corrected chi connectivity index (χ0v) is 9.13. The summed E-state index contributed by atoms with van der Waals surface area (Å²) in [7, 11) is 0. The molecule has 0 aliphatic rings. The molecule has 1 heterocycles. The van der Waals surface area contributed by atoms with Crippen molar-refractivity contribution < 1.29 is 0 Å². The fourth-order valence-corrected chi connectivity index (χ4v) is 1.02. The minimum Gasteiger partial charge on any atom is -0.261 e. The first kappa shape index (κ1) is 10.2. The van der Waals surface area contributed by atoms with Gasteiger partial charge in [-0.1, -0.05) is 34.6 Å². The van der Waals surface area contributed by atoms with Crippen LogP contribution in [0.1, 0.15) is 51.9 Å². The summed E-state index contributed by atoms with van der Waals surface area (Å²) in [6.45, 7) is 10.7. The zero-order valence-electron chi connectivity index (χ0n) is 9.13. The average molecular weight is 178 g/mol. The maximum atomic E-state index is 4.58. The van der Waals surface area contributed by atoms with Crippen LogP contribution in [0.5, 0.6) is 0 Å². The van der Waals surface area contributed by atoms with Crippen molar-refractivity contribution >= 4 is 0 Å². The molecule has 0 unspecified atom stereocenters. The van der Waals surface area contributed by atoms with Crippen molar-refractivity contribution in [1.82, 2.24) is 9.97 Å². The fourth-order valence-electron chi connectivity index (χ4n) is 1.02. The lowest BCUT2D eigenvalue weighted by Crippen LogP contribution is -2.15. The topological polar surface area (TPSA) is 25.8 Å². The molecule has 2 nitrogen and oxygen atoms in total. The molecule has 0 spiro atoms. The summed E-state index contributed by atoms with van der Waals surface area (Å²) >= 11 is 0. The van der Waals surface area contributed by atoms with E-state index in [0.717, 1.165) is 11.4 Å². The number of rotatable bonds is 1. The van der Waals surface area contributed by atoms with E-state index in [0.29, 0.717) is 5.92 Å². The highest BCUT2D eigenvalue weighted by Crippen LogP contribution is 2.20. The normalized spacial score (nSPS) is 12.2. The lowest BCUT2D eigenvalue weighted by atomic mass is 9.92. The third-order valence-electron chi connectivity index (χ3n) is 2.01. The van der Waals surface area contributed by atoms with Gasteiger partial charge in [-0.25, -0.2) is 0 Å². The molecule has 0 amide bonds. The van der Waals surface area contributed by atoms with Crippen LogP contribution < -0.4 is 0 Å². The van der Waals surface area contributed by atoms with Crippen molar-refractivity contribution in [3.05, 3.63) is 23.8 Å². The number of hydrogen-bond acceptors (Lipinski definition) is 2. The van der Waals surface area contributed by atoms with E-state index >= 15 is 0 Å². The molecule has 0 aromatic carbocycles. The zero-order chi connectivity index (χ0) is 10.1. The SMILES string of the molecule is CC(C)c1cncc(C(C)(C)C)n1. The van der Waals surface area contributed by atoms with Crippen LogP contribution in [-0.4, -0.2) is 9.97 Å². The third-order valence-corrected chi connectivity index (χ3v) is 2.01. The minimum absolute atomic E-state index is 0.0951. The molecule has 0 aliphatic heterocycles. The summed E-state index contributed by atoms with van der Waals surface area (Å²) in [5.41, 5.74) is 2.24. The van der Waals surface area contributed by atoms with E-state index in [4.69, 9.17) is 0 Å². The van der Waals surface area contributed by atoms with Crippen molar-refractivity contribution in [1.29, 1.82) is 0 Å². The summed E-state index contributed by atoms with van der Waals surface area (Å²) < 4.78 is 0. The van der Waals surface area contributed by atoms with E-state index < -0.39 is 0 Å². The highest BCUT2D eigenvalue weighted by atomic mass is 14.8. The molecule has 0 fully saturated rings. The minimum atomic E-state index is 0.0951. The standard InChI is InChI=1S/C11H18N2/c1-8(2)9-6-12-7-10(13-9)11(3,4)5/h6-8H,1-5H3. The van der Waals surface area contributed by atoms with Crippen LogP contribution in [0.3, 0.4) is 0 Å².